The molecule has 1 aliphatic carbocycles. The van der Waals surface area contributed by atoms with Crippen molar-refractivity contribution in [3.05, 3.63) is 0 Å². The van der Waals surface area contributed by atoms with Gasteiger partial charge < -0.3 is 10.6 Å². The van der Waals surface area contributed by atoms with E-state index < -0.39 is 0 Å². The van der Waals surface area contributed by atoms with Crippen LogP contribution < -0.4 is 10.6 Å². The van der Waals surface area contributed by atoms with Crippen molar-refractivity contribution in [1.29, 1.82) is 0 Å². The molecule has 2 atom stereocenters. The third-order valence-corrected chi connectivity index (χ3v) is 4.62. The summed E-state index contributed by atoms with van der Waals surface area (Å²) in [6.07, 6.45) is 12.7. The van der Waals surface area contributed by atoms with Gasteiger partial charge in [-0.3, -0.25) is 9.59 Å². The van der Waals surface area contributed by atoms with Crippen LogP contribution in [0.5, 0.6) is 0 Å². The standard InChI is InChI=1S/C19H36N2O2/c1-3-5-7-9-11-13-20-18(22)16-15-17(16)19(23)21-14-12-10-8-6-4-2/h16-17H,3-15H2,1-2H3,(H,20,22)(H,21,23). The van der Waals surface area contributed by atoms with Crippen LogP contribution in [0.1, 0.15) is 84.5 Å². The first kappa shape index (κ1) is 20.0. The van der Waals surface area contributed by atoms with Gasteiger partial charge in [-0.2, -0.15) is 0 Å². The van der Waals surface area contributed by atoms with E-state index in [9.17, 15) is 9.59 Å². The first-order valence-corrected chi connectivity index (χ1v) is 9.76. The molecule has 1 saturated carbocycles. The van der Waals surface area contributed by atoms with E-state index in [1.807, 2.05) is 0 Å². The molecule has 1 fully saturated rings. The summed E-state index contributed by atoms with van der Waals surface area (Å²) in [6.45, 7) is 5.91. The van der Waals surface area contributed by atoms with Crippen LogP contribution in [0.4, 0.5) is 0 Å². The van der Waals surface area contributed by atoms with Gasteiger partial charge in [0.05, 0.1) is 11.8 Å². The third kappa shape index (κ3) is 8.97. The lowest BCUT2D eigenvalue weighted by atomic mass is 10.1. The van der Waals surface area contributed by atoms with Crippen LogP contribution >= 0.6 is 0 Å². The highest BCUT2D eigenvalue weighted by molar-refractivity contribution is 5.92. The SMILES string of the molecule is CCCCCCCNC(=O)C1CC1C(=O)NCCCCCCC. The molecule has 0 radical (unpaired) electrons. The predicted octanol–water partition coefficient (Wildman–Crippen LogP) is 3.80. The normalized spacial score (nSPS) is 19.4. The number of carbonyl (C=O) groups is 2. The van der Waals surface area contributed by atoms with E-state index in [4.69, 9.17) is 0 Å². The zero-order valence-electron chi connectivity index (χ0n) is 15.2. The number of carbonyl (C=O) groups excluding carboxylic acids is 2. The molecule has 0 aromatic carbocycles. The van der Waals surface area contributed by atoms with Gasteiger partial charge in [0.1, 0.15) is 0 Å². The van der Waals surface area contributed by atoms with E-state index in [1.54, 1.807) is 0 Å². The van der Waals surface area contributed by atoms with Crippen molar-refractivity contribution in [3.8, 4) is 0 Å². The van der Waals surface area contributed by atoms with Crippen LogP contribution in [0.25, 0.3) is 0 Å². The van der Waals surface area contributed by atoms with Gasteiger partial charge in [-0.25, -0.2) is 0 Å². The van der Waals surface area contributed by atoms with Crippen molar-refractivity contribution in [1.82, 2.24) is 10.6 Å². The minimum atomic E-state index is -0.0780. The van der Waals surface area contributed by atoms with Crippen molar-refractivity contribution in [2.45, 2.75) is 84.5 Å². The van der Waals surface area contributed by atoms with E-state index in [1.165, 1.54) is 51.4 Å². The van der Waals surface area contributed by atoms with Crippen LogP contribution in [0, 0.1) is 11.8 Å². The van der Waals surface area contributed by atoms with Crippen molar-refractivity contribution in [2.75, 3.05) is 13.1 Å². The molecule has 2 unspecified atom stereocenters. The second kappa shape index (κ2) is 12.4. The van der Waals surface area contributed by atoms with Gasteiger partial charge in [0.25, 0.3) is 0 Å². The maximum atomic E-state index is 12.0. The van der Waals surface area contributed by atoms with Gasteiger partial charge in [0.15, 0.2) is 0 Å². The summed E-state index contributed by atoms with van der Waals surface area (Å²) < 4.78 is 0. The summed E-state index contributed by atoms with van der Waals surface area (Å²) in [4.78, 5) is 23.9. The summed E-state index contributed by atoms with van der Waals surface area (Å²) in [5.74, 6) is -0.0105. The first-order valence-electron chi connectivity index (χ1n) is 9.76. The number of rotatable bonds is 14. The Morgan fingerprint density at radius 2 is 1.09 bits per heavy atom. The van der Waals surface area contributed by atoms with Crippen LogP contribution in [-0.4, -0.2) is 24.9 Å². The van der Waals surface area contributed by atoms with E-state index in [2.05, 4.69) is 24.5 Å². The Bertz CT molecular complexity index is 312. The van der Waals surface area contributed by atoms with Gasteiger partial charge >= 0.3 is 0 Å². The Morgan fingerprint density at radius 3 is 1.48 bits per heavy atom. The second-order valence-electron chi connectivity index (χ2n) is 6.86. The van der Waals surface area contributed by atoms with Crippen LogP contribution in [0.15, 0.2) is 0 Å². The molecule has 0 bridgehead atoms. The zero-order chi connectivity index (χ0) is 16.9. The summed E-state index contributed by atoms with van der Waals surface area (Å²) in [5.41, 5.74) is 0. The van der Waals surface area contributed by atoms with Crippen molar-refractivity contribution < 1.29 is 9.59 Å². The highest BCUT2D eigenvalue weighted by Gasteiger charge is 2.47. The molecule has 4 nitrogen and oxygen atoms in total. The molecule has 2 amide bonds. The molecule has 0 aliphatic heterocycles. The fourth-order valence-corrected chi connectivity index (χ4v) is 2.92. The fraction of sp³-hybridized carbons (Fsp3) is 0.895. The lowest BCUT2D eigenvalue weighted by Crippen LogP contribution is -2.31. The molecule has 1 aliphatic rings. The number of amides is 2. The van der Waals surface area contributed by atoms with Gasteiger partial charge in [-0.15, -0.1) is 0 Å². The number of unbranched alkanes of at least 4 members (excludes halogenated alkanes) is 8. The van der Waals surface area contributed by atoms with Gasteiger partial charge in [0, 0.05) is 13.1 Å². The molecule has 2 N–H and O–H groups in total. The summed E-state index contributed by atoms with van der Waals surface area (Å²) >= 11 is 0. The Hall–Kier alpha value is -1.06. The maximum Gasteiger partial charge on any atom is 0.223 e. The van der Waals surface area contributed by atoms with Crippen LogP contribution in [0.2, 0.25) is 0 Å². The Kier molecular flexibility index (Phi) is 10.8. The lowest BCUT2D eigenvalue weighted by molar-refractivity contribution is -0.127. The Balaban J connectivity index is 1.99. The topological polar surface area (TPSA) is 58.2 Å². The zero-order valence-corrected chi connectivity index (χ0v) is 15.2. The van der Waals surface area contributed by atoms with E-state index in [0.29, 0.717) is 0 Å². The molecule has 23 heavy (non-hydrogen) atoms. The highest BCUT2D eigenvalue weighted by atomic mass is 16.2. The molecule has 0 saturated heterocycles. The van der Waals surface area contributed by atoms with Crippen LogP contribution in [-0.2, 0) is 9.59 Å². The molecular formula is C19H36N2O2. The first-order chi connectivity index (χ1) is 11.2. The number of hydrogen-bond donors (Lipinski definition) is 2. The monoisotopic (exact) mass is 324 g/mol. The average molecular weight is 325 g/mol. The Labute approximate surface area is 142 Å². The predicted molar refractivity (Wildman–Crippen MR) is 95.1 cm³/mol. The molecule has 1 rings (SSSR count). The minimum Gasteiger partial charge on any atom is -0.356 e. The van der Waals surface area contributed by atoms with Gasteiger partial charge in [-0.1, -0.05) is 65.2 Å². The Morgan fingerprint density at radius 1 is 0.696 bits per heavy atom. The molecular weight excluding hydrogens is 288 g/mol. The van der Waals surface area contributed by atoms with E-state index in [-0.39, 0.29) is 23.7 Å². The van der Waals surface area contributed by atoms with Gasteiger partial charge in [0.2, 0.25) is 11.8 Å². The molecule has 0 aromatic heterocycles. The molecule has 0 aromatic rings. The highest BCUT2D eigenvalue weighted by Crippen LogP contribution is 2.38. The second-order valence-corrected chi connectivity index (χ2v) is 6.86. The van der Waals surface area contributed by atoms with Crippen LogP contribution in [0.3, 0.4) is 0 Å². The smallest absolute Gasteiger partial charge is 0.223 e. The molecule has 0 spiro atoms. The molecule has 4 heteroatoms. The average Bonchev–Trinajstić information content (AvgIpc) is 3.34. The quantitative estimate of drug-likeness (QED) is 0.478. The largest absolute Gasteiger partial charge is 0.356 e. The summed E-state index contributed by atoms with van der Waals surface area (Å²) in [7, 11) is 0. The summed E-state index contributed by atoms with van der Waals surface area (Å²) in [6, 6.07) is 0. The maximum absolute atomic E-state index is 12.0. The van der Waals surface area contributed by atoms with Crippen molar-refractivity contribution in [3.63, 3.8) is 0 Å². The van der Waals surface area contributed by atoms with E-state index >= 15 is 0 Å². The number of hydrogen-bond acceptors (Lipinski definition) is 2. The fourth-order valence-electron chi connectivity index (χ4n) is 2.92. The minimum absolute atomic E-state index is 0.0728. The van der Waals surface area contributed by atoms with Crippen molar-refractivity contribution in [2.24, 2.45) is 11.8 Å². The molecule has 134 valence electrons. The lowest BCUT2D eigenvalue weighted by Gasteiger charge is -2.06. The summed E-state index contributed by atoms with van der Waals surface area (Å²) in [5, 5.41) is 5.96. The number of nitrogens with one attached hydrogen (secondary N) is 2. The molecule has 0 heterocycles. The van der Waals surface area contributed by atoms with Gasteiger partial charge in [-0.05, 0) is 19.3 Å². The van der Waals surface area contributed by atoms with E-state index in [0.717, 1.165) is 32.4 Å². The van der Waals surface area contributed by atoms with Crippen molar-refractivity contribution >= 4 is 11.8 Å². The third-order valence-electron chi connectivity index (χ3n) is 4.62.